The van der Waals surface area contributed by atoms with Crippen LogP contribution in [0.3, 0.4) is 0 Å². The summed E-state index contributed by atoms with van der Waals surface area (Å²) in [5.74, 6) is -0.941. The van der Waals surface area contributed by atoms with Gasteiger partial charge in [-0.25, -0.2) is 9.18 Å². The molecular formula is C28H19FN2O4. The minimum atomic E-state index is -0.978. The van der Waals surface area contributed by atoms with Crippen LogP contribution in [0, 0.1) is 12.7 Å². The molecule has 0 atom stereocenters. The molecule has 7 heteroatoms. The summed E-state index contributed by atoms with van der Waals surface area (Å²) in [6.45, 7) is 1.83. The third-order valence-electron chi connectivity index (χ3n) is 5.80. The largest absolute Gasteiger partial charge is 0.478 e. The number of nitrogens with one attached hydrogen (secondary N) is 1. The second-order valence-corrected chi connectivity index (χ2v) is 8.09. The lowest BCUT2D eigenvalue weighted by atomic mass is 9.99. The second kappa shape index (κ2) is 8.87. The van der Waals surface area contributed by atoms with Gasteiger partial charge in [0.2, 0.25) is 0 Å². The van der Waals surface area contributed by atoms with Crippen molar-refractivity contribution in [1.82, 2.24) is 9.97 Å². The van der Waals surface area contributed by atoms with Crippen molar-refractivity contribution in [2.24, 2.45) is 0 Å². The lowest BCUT2D eigenvalue weighted by molar-refractivity contribution is 0.0696. The van der Waals surface area contributed by atoms with Crippen LogP contribution in [0.2, 0.25) is 0 Å². The Hall–Kier alpha value is -4.78. The zero-order valence-corrected chi connectivity index (χ0v) is 18.6. The highest BCUT2D eigenvalue weighted by Gasteiger charge is 2.13. The molecule has 5 rings (SSSR count). The van der Waals surface area contributed by atoms with Gasteiger partial charge in [0, 0.05) is 17.2 Å². The van der Waals surface area contributed by atoms with Crippen LogP contribution in [-0.2, 0) is 0 Å². The number of hydrogen-bond acceptors (Lipinski definition) is 4. The molecule has 0 unspecified atom stereocenters. The highest BCUT2D eigenvalue weighted by Crippen LogP contribution is 2.31. The maximum absolute atomic E-state index is 14.9. The Balaban J connectivity index is 1.42. The van der Waals surface area contributed by atoms with Gasteiger partial charge in [-0.2, -0.15) is 4.98 Å². The van der Waals surface area contributed by atoms with Crippen molar-refractivity contribution in [3.63, 3.8) is 0 Å². The lowest BCUT2D eigenvalue weighted by Gasteiger charge is -2.07. The van der Waals surface area contributed by atoms with Crippen molar-refractivity contribution in [3.8, 4) is 34.0 Å². The normalized spacial score (nSPS) is 10.9. The molecule has 0 aliphatic carbocycles. The quantitative estimate of drug-likeness (QED) is 0.274. The van der Waals surface area contributed by atoms with Gasteiger partial charge in [0.1, 0.15) is 17.9 Å². The molecule has 0 aliphatic rings. The van der Waals surface area contributed by atoms with Gasteiger partial charge in [-0.1, -0.05) is 42.5 Å². The Morgan fingerprint density at radius 2 is 1.60 bits per heavy atom. The number of hydrogen-bond donors (Lipinski definition) is 2. The number of imidazole rings is 1. The summed E-state index contributed by atoms with van der Waals surface area (Å²) in [4.78, 5) is 29.6. The number of ether oxygens (including phenoxy) is 1. The van der Waals surface area contributed by atoms with E-state index in [2.05, 4.69) is 9.97 Å². The molecule has 1 heterocycles. The average molecular weight is 466 g/mol. The molecule has 35 heavy (non-hydrogen) atoms. The van der Waals surface area contributed by atoms with Gasteiger partial charge in [-0.3, -0.25) is 4.79 Å². The monoisotopic (exact) mass is 466 g/mol. The van der Waals surface area contributed by atoms with E-state index >= 15 is 0 Å². The molecule has 0 spiro atoms. The first-order valence-corrected chi connectivity index (χ1v) is 10.8. The number of H-pyrrole nitrogens is 1. The van der Waals surface area contributed by atoms with Crippen molar-refractivity contribution in [2.75, 3.05) is 0 Å². The number of carboxylic acid groups (broad SMARTS) is 1. The fourth-order valence-corrected chi connectivity index (χ4v) is 3.84. The van der Waals surface area contributed by atoms with Crippen molar-refractivity contribution in [3.05, 3.63) is 101 Å². The Labute approximate surface area is 199 Å². The molecule has 0 fully saturated rings. The van der Waals surface area contributed by atoms with Gasteiger partial charge in [-0.05, 0) is 59.5 Å². The molecule has 0 amide bonds. The van der Waals surface area contributed by atoms with Crippen molar-refractivity contribution < 1.29 is 23.8 Å². The number of aryl methyl sites for hydroxylation is 1. The van der Waals surface area contributed by atoms with E-state index in [1.807, 2.05) is 31.2 Å². The predicted octanol–water partition coefficient (Wildman–Crippen LogP) is 6.65. The molecule has 0 radical (unpaired) electrons. The average Bonchev–Trinajstić information content (AvgIpc) is 3.25. The molecule has 2 N–H and O–H groups in total. The summed E-state index contributed by atoms with van der Waals surface area (Å²) >= 11 is 0. The number of benzene rings is 4. The molecular weight excluding hydrogens is 447 g/mol. The first-order valence-electron chi connectivity index (χ1n) is 10.8. The third kappa shape index (κ3) is 4.39. The zero-order chi connectivity index (χ0) is 24.5. The van der Waals surface area contributed by atoms with Crippen LogP contribution in [0.4, 0.5) is 4.39 Å². The number of fused-ring (bicyclic) bond motifs is 1. The van der Waals surface area contributed by atoms with Gasteiger partial charge >= 0.3 is 5.97 Å². The Morgan fingerprint density at radius 3 is 2.26 bits per heavy atom. The SMILES string of the molecule is Cc1ccc(Oc2nc3cc(-c4ccc(-c5ccc(C(=O)O)cc5)cc4)c(F)cc3[nH]2)cc1C=O. The van der Waals surface area contributed by atoms with Gasteiger partial charge in [0.15, 0.2) is 0 Å². The number of halogens is 1. The fourth-order valence-electron chi connectivity index (χ4n) is 3.84. The summed E-state index contributed by atoms with van der Waals surface area (Å²) in [7, 11) is 0. The van der Waals surface area contributed by atoms with E-state index in [1.165, 1.54) is 6.07 Å². The lowest BCUT2D eigenvalue weighted by Crippen LogP contribution is -1.94. The van der Waals surface area contributed by atoms with Gasteiger partial charge < -0.3 is 14.8 Å². The Morgan fingerprint density at radius 1 is 0.943 bits per heavy atom. The fraction of sp³-hybridized carbons (Fsp3) is 0.0357. The number of aromatic carboxylic acids is 1. The number of carbonyl (C=O) groups is 2. The first kappa shape index (κ1) is 22.0. The number of carboxylic acids is 1. The van der Waals surface area contributed by atoms with Gasteiger partial charge in [0.25, 0.3) is 6.01 Å². The molecule has 4 aromatic carbocycles. The topological polar surface area (TPSA) is 92.3 Å². The van der Waals surface area contributed by atoms with Gasteiger partial charge in [0.05, 0.1) is 16.6 Å². The minimum Gasteiger partial charge on any atom is -0.478 e. The van der Waals surface area contributed by atoms with Crippen molar-refractivity contribution in [1.29, 1.82) is 0 Å². The molecule has 0 saturated carbocycles. The Bertz CT molecular complexity index is 1570. The summed E-state index contributed by atoms with van der Waals surface area (Å²) in [5, 5.41) is 9.05. The van der Waals surface area contributed by atoms with E-state index in [-0.39, 0.29) is 11.6 Å². The highest BCUT2D eigenvalue weighted by molar-refractivity contribution is 5.88. The number of carbonyl (C=O) groups excluding carboxylic acids is 1. The van der Waals surface area contributed by atoms with E-state index in [0.717, 1.165) is 23.0 Å². The summed E-state index contributed by atoms with van der Waals surface area (Å²) in [6, 6.07) is 22.3. The number of aldehydes is 1. The summed E-state index contributed by atoms with van der Waals surface area (Å²) in [6.07, 6.45) is 0.763. The minimum absolute atomic E-state index is 0.192. The van der Waals surface area contributed by atoms with Crippen LogP contribution in [0.1, 0.15) is 26.3 Å². The molecule has 1 aromatic heterocycles. The maximum atomic E-state index is 14.9. The molecule has 172 valence electrons. The maximum Gasteiger partial charge on any atom is 0.335 e. The van der Waals surface area contributed by atoms with Crippen molar-refractivity contribution in [2.45, 2.75) is 6.92 Å². The molecule has 5 aromatic rings. The first-order chi connectivity index (χ1) is 16.9. The van der Waals surface area contributed by atoms with E-state index in [4.69, 9.17) is 9.84 Å². The van der Waals surface area contributed by atoms with Crippen LogP contribution < -0.4 is 4.74 Å². The Kier molecular flexibility index (Phi) is 5.58. The van der Waals surface area contributed by atoms with Crippen LogP contribution in [-0.4, -0.2) is 27.3 Å². The highest BCUT2D eigenvalue weighted by atomic mass is 19.1. The zero-order valence-electron chi connectivity index (χ0n) is 18.6. The van der Waals surface area contributed by atoms with E-state index in [9.17, 15) is 14.0 Å². The van der Waals surface area contributed by atoms with Gasteiger partial charge in [-0.15, -0.1) is 0 Å². The predicted molar refractivity (Wildman–Crippen MR) is 131 cm³/mol. The molecule has 0 saturated heterocycles. The summed E-state index contributed by atoms with van der Waals surface area (Å²) < 4.78 is 20.7. The van der Waals surface area contributed by atoms with Crippen LogP contribution in [0.5, 0.6) is 11.8 Å². The number of aromatic nitrogens is 2. The smallest absolute Gasteiger partial charge is 0.335 e. The number of nitrogens with zero attached hydrogens (tertiary/aromatic N) is 1. The second-order valence-electron chi connectivity index (χ2n) is 8.09. The molecule has 0 bridgehead atoms. The van der Waals surface area contributed by atoms with Crippen molar-refractivity contribution >= 4 is 23.3 Å². The molecule has 0 aliphatic heterocycles. The number of aromatic amines is 1. The third-order valence-corrected chi connectivity index (χ3v) is 5.80. The van der Waals surface area contributed by atoms with E-state index in [0.29, 0.717) is 33.5 Å². The van der Waals surface area contributed by atoms with Crippen LogP contribution in [0.15, 0.2) is 78.9 Å². The van der Waals surface area contributed by atoms with Crippen LogP contribution >= 0.6 is 0 Å². The van der Waals surface area contributed by atoms with E-state index < -0.39 is 11.8 Å². The van der Waals surface area contributed by atoms with Crippen LogP contribution in [0.25, 0.3) is 33.3 Å². The standard InChI is InChI=1S/C28H19FN2O4/c1-16-2-11-22(12-21(16)15-32)35-28-30-25-13-23(24(29)14-26(25)31-28)19-7-3-17(4-8-19)18-5-9-20(10-6-18)27(33)34/h2-15H,1H3,(H,30,31)(H,33,34). The summed E-state index contributed by atoms with van der Waals surface area (Å²) in [5.41, 5.74) is 5.41. The van der Waals surface area contributed by atoms with E-state index in [1.54, 1.807) is 48.5 Å². The molecule has 6 nitrogen and oxygen atoms in total. The number of rotatable bonds is 6.